The molecule has 4 rings (SSSR count). The van der Waals surface area contributed by atoms with Gasteiger partial charge in [-0.2, -0.15) is 0 Å². The number of nitrogens with one attached hydrogen (secondary N) is 1. The number of hydrogen-bond donors (Lipinski definition) is 6. The highest BCUT2D eigenvalue weighted by molar-refractivity contribution is 6.63. The predicted molar refractivity (Wildman–Crippen MR) is 142 cm³/mol. The number of aliphatic hydroxyl groups is 2. The average Bonchev–Trinajstić information content (AvgIpc) is 3.35. The molecule has 2 unspecified atom stereocenters. The molecule has 2 aliphatic rings. The summed E-state index contributed by atoms with van der Waals surface area (Å²) in [4.78, 5) is 11.7. The molecule has 2 aliphatic heterocycles. The van der Waals surface area contributed by atoms with Crippen LogP contribution >= 0.6 is 12.4 Å². The van der Waals surface area contributed by atoms with E-state index < -0.39 is 45.6 Å². The third-order valence-electron chi connectivity index (χ3n) is 5.46. The Balaban J connectivity index is 0.000000277. The molecule has 7 N–H and O–H groups in total. The average molecular weight is 555 g/mol. The Kier molecular flexibility index (Phi) is 11.7. The molecule has 2 aromatic rings. The SMILES string of the molecule is CC(C)(C)OC(=O)NCC1OB(O)c2c(OCO)cccc21.Cl.NCC1OB(O)c2c(OCO)cccc21. The van der Waals surface area contributed by atoms with Gasteiger partial charge >= 0.3 is 20.3 Å². The van der Waals surface area contributed by atoms with Crippen molar-refractivity contribution in [1.82, 2.24) is 5.32 Å². The lowest BCUT2D eigenvalue weighted by molar-refractivity contribution is 0.0498. The first kappa shape index (κ1) is 31.7. The van der Waals surface area contributed by atoms with Crippen LogP contribution in [-0.2, 0) is 14.0 Å². The van der Waals surface area contributed by atoms with Crippen LogP contribution in [0.5, 0.6) is 11.5 Å². The van der Waals surface area contributed by atoms with Crippen molar-refractivity contribution in [2.75, 3.05) is 26.7 Å². The minimum Gasteiger partial charge on any atom is -0.468 e. The summed E-state index contributed by atoms with van der Waals surface area (Å²) in [7, 11) is -2.19. The van der Waals surface area contributed by atoms with E-state index in [2.05, 4.69) is 5.32 Å². The number of amides is 1. The number of alkyl carbamates (subject to hydrolysis) is 1. The summed E-state index contributed by atoms with van der Waals surface area (Å²) >= 11 is 0. The Bertz CT molecular complexity index is 1070. The van der Waals surface area contributed by atoms with E-state index in [9.17, 15) is 14.8 Å². The summed E-state index contributed by atoms with van der Waals surface area (Å²) in [6.07, 6.45) is -1.38. The van der Waals surface area contributed by atoms with Crippen LogP contribution in [0.4, 0.5) is 4.79 Å². The zero-order chi connectivity index (χ0) is 27.2. The van der Waals surface area contributed by atoms with Crippen molar-refractivity contribution in [3.63, 3.8) is 0 Å². The molecule has 2 heterocycles. The number of carbonyl (C=O) groups excluding carboxylic acids is 1. The molecular weight excluding hydrogens is 521 g/mol. The van der Waals surface area contributed by atoms with Gasteiger partial charge in [0.05, 0.1) is 12.2 Å². The van der Waals surface area contributed by atoms with Crippen molar-refractivity contribution in [3.05, 3.63) is 47.5 Å². The van der Waals surface area contributed by atoms with E-state index in [4.69, 9.17) is 39.5 Å². The van der Waals surface area contributed by atoms with Crippen LogP contribution in [-0.4, -0.2) is 72.9 Å². The Morgan fingerprint density at radius 2 is 1.42 bits per heavy atom. The van der Waals surface area contributed by atoms with E-state index in [0.717, 1.165) is 5.56 Å². The highest BCUT2D eigenvalue weighted by Crippen LogP contribution is 2.28. The lowest BCUT2D eigenvalue weighted by Gasteiger charge is -2.21. The largest absolute Gasteiger partial charge is 0.495 e. The van der Waals surface area contributed by atoms with E-state index in [1.165, 1.54) is 0 Å². The number of carbonyl (C=O) groups is 1. The molecule has 2 atom stereocenters. The first-order chi connectivity index (χ1) is 17.6. The third kappa shape index (κ3) is 7.74. The van der Waals surface area contributed by atoms with Gasteiger partial charge in [0, 0.05) is 24.0 Å². The number of ether oxygens (including phenoxy) is 3. The van der Waals surface area contributed by atoms with Gasteiger partial charge in [0.1, 0.15) is 17.1 Å². The molecule has 1 amide bonds. The van der Waals surface area contributed by atoms with Crippen LogP contribution < -0.4 is 31.4 Å². The number of benzene rings is 2. The van der Waals surface area contributed by atoms with E-state index in [1.54, 1.807) is 51.1 Å². The third-order valence-corrected chi connectivity index (χ3v) is 5.46. The van der Waals surface area contributed by atoms with Gasteiger partial charge in [0.15, 0.2) is 13.6 Å². The number of aliphatic hydroxyl groups excluding tert-OH is 2. The maximum atomic E-state index is 11.7. The second kappa shape index (κ2) is 14.0. The smallest absolute Gasteiger partial charge is 0.468 e. The molecule has 0 spiro atoms. The molecule has 0 aliphatic carbocycles. The number of nitrogens with two attached hydrogens (primary N) is 1. The monoisotopic (exact) mass is 554 g/mol. The quantitative estimate of drug-likeness (QED) is 0.191. The summed E-state index contributed by atoms with van der Waals surface area (Å²) < 4.78 is 25.9. The Hall–Kier alpha value is -2.55. The fourth-order valence-electron chi connectivity index (χ4n) is 4.03. The topological polar surface area (TPSA) is 182 Å². The van der Waals surface area contributed by atoms with Crippen LogP contribution in [0.2, 0.25) is 0 Å². The fraction of sp³-hybridized carbons (Fsp3) is 0.435. The minimum absolute atomic E-state index is 0. The van der Waals surface area contributed by atoms with Gasteiger partial charge in [-0.25, -0.2) is 4.79 Å². The molecule has 0 fully saturated rings. The number of hydrogen-bond acceptors (Lipinski definition) is 11. The summed E-state index contributed by atoms with van der Waals surface area (Å²) in [5.74, 6) is 0.783. The predicted octanol–water partition coefficient (Wildman–Crippen LogP) is -0.547. The minimum atomic E-state index is -1.16. The second-order valence-corrected chi connectivity index (χ2v) is 9.14. The highest BCUT2D eigenvalue weighted by Gasteiger charge is 2.38. The van der Waals surface area contributed by atoms with E-state index in [0.29, 0.717) is 34.5 Å². The van der Waals surface area contributed by atoms with E-state index in [1.807, 2.05) is 6.07 Å². The molecule has 0 bridgehead atoms. The van der Waals surface area contributed by atoms with Crippen molar-refractivity contribution in [2.45, 2.75) is 38.6 Å². The second-order valence-electron chi connectivity index (χ2n) is 9.14. The van der Waals surface area contributed by atoms with Crippen LogP contribution in [0.15, 0.2) is 36.4 Å². The lowest BCUT2D eigenvalue weighted by atomic mass is 9.78. The summed E-state index contributed by atoms with van der Waals surface area (Å²) in [6, 6.07) is 10.4. The van der Waals surface area contributed by atoms with Gasteiger partial charge in [0.2, 0.25) is 0 Å². The first-order valence-electron chi connectivity index (χ1n) is 11.7. The van der Waals surface area contributed by atoms with E-state index >= 15 is 0 Å². The van der Waals surface area contributed by atoms with Gasteiger partial charge in [-0.1, -0.05) is 24.3 Å². The first-order valence-corrected chi connectivity index (χ1v) is 11.7. The molecule has 0 radical (unpaired) electrons. The Labute approximate surface area is 227 Å². The summed E-state index contributed by atoms with van der Waals surface area (Å²) in [5, 5.41) is 39.8. The van der Waals surface area contributed by atoms with Crippen LogP contribution in [0, 0.1) is 0 Å². The molecule has 15 heteroatoms. The van der Waals surface area contributed by atoms with Crippen molar-refractivity contribution in [1.29, 1.82) is 0 Å². The molecular formula is C23H33B2ClN2O10. The fourth-order valence-corrected chi connectivity index (χ4v) is 4.03. The number of halogens is 1. The summed E-state index contributed by atoms with van der Waals surface area (Å²) in [5.41, 5.74) is 7.47. The van der Waals surface area contributed by atoms with Crippen molar-refractivity contribution in [2.24, 2.45) is 5.73 Å². The molecule has 2 aromatic carbocycles. The van der Waals surface area contributed by atoms with Gasteiger partial charge in [-0.05, 0) is 44.0 Å². The Morgan fingerprint density at radius 1 is 0.947 bits per heavy atom. The number of fused-ring (bicyclic) bond motifs is 2. The lowest BCUT2D eigenvalue weighted by Crippen LogP contribution is -2.35. The summed E-state index contributed by atoms with van der Waals surface area (Å²) in [6.45, 7) is 4.84. The molecule has 0 saturated carbocycles. The van der Waals surface area contributed by atoms with Gasteiger partial charge in [0.25, 0.3) is 0 Å². The zero-order valence-electron chi connectivity index (χ0n) is 21.3. The zero-order valence-corrected chi connectivity index (χ0v) is 22.1. The van der Waals surface area contributed by atoms with Gasteiger partial charge in [-0.3, -0.25) is 0 Å². The molecule has 0 aromatic heterocycles. The highest BCUT2D eigenvalue weighted by atomic mass is 35.5. The maximum Gasteiger partial charge on any atom is 0.495 e. The Morgan fingerprint density at radius 3 is 1.87 bits per heavy atom. The van der Waals surface area contributed by atoms with Crippen LogP contribution in [0.3, 0.4) is 0 Å². The molecule has 12 nitrogen and oxygen atoms in total. The van der Waals surface area contributed by atoms with Gasteiger partial charge < -0.3 is 54.8 Å². The van der Waals surface area contributed by atoms with Crippen molar-refractivity contribution < 1.29 is 48.6 Å². The van der Waals surface area contributed by atoms with Gasteiger partial charge in [-0.15, -0.1) is 12.4 Å². The molecule has 38 heavy (non-hydrogen) atoms. The van der Waals surface area contributed by atoms with E-state index in [-0.39, 0.29) is 25.1 Å². The number of rotatable bonds is 7. The van der Waals surface area contributed by atoms with Crippen molar-refractivity contribution >= 4 is 43.7 Å². The normalized spacial score (nSPS) is 17.5. The maximum absolute atomic E-state index is 11.7. The standard InChI is InChI=1S/C14H20BNO6.C9H12BNO4.ClH/c1-14(2,3)21-13(18)16-7-11-9-5-4-6-10(20-8-17)12(9)15(19)22-11;11-4-8-6-2-1-3-7(14-5-12)9(6)10(13)15-8;/h4-6,11,17,19H,7-8H2,1-3H3,(H,16,18);1-3,8,12-13H,4-5,11H2;1H. The van der Waals surface area contributed by atoms with Crippen molar-refractivity contribution in [3.8, 4) is 11.5 Å². The molecule has 208 valence electrons. The van der Waals surface area contributed by atoms with Crippen LogP contribution in [0.25, 0.3) is 0 Å². The molecule has 0 saturated heterocycles. The van der Waals surface area contributed by atoms with Crippen LogP contribution in [0.1, 0.15) is 44.1 Å².